The smallest absolute Gasteiger partial charge is 0.0422 e. The van der Waals surface area contributed by atoms with Crippen LogP contribution >= 0.6 is 22.6 Å². The number of rotatable bonds is 4. The lowest BCUT2D eigenvalue weighted by Gasteiger charge is -2.19. The largest absolute Gasteiger partial charge is 0.313 e. The van der Waals surface area contributed by atoms with Gasteiger partial charge < -0.3 is 5.32 Å². The first-order valence-corrected chi connectivity index (χ1v) is 7.53. The normalized spacial score (nSPS) is 12.4. The summed E-state index contributed by atoms with van der Waals surface area (Å²) in [7, 11) is 2.01. The molecule has 1 heterocycles. The highest BCUT2D eigenvalue weighted by Crippen LogP contribution is 2.25. The molecule has 1 aromatic heterocycles. The van der Waals surface area contributed by atoms with Gasteiger partial charge in [-0.1, -0.05) is 24.3 Å². The van der Waals surface area contributed by atoms with Gasteiger partial charge in [-0.25, -0.2) is 0 Å². The number of likely N-dealkylation sites (N-methyl/N-ethyl adjacent to an activating group) is 1. The second-order valence-electron chi connectivity index (χ2n) is 4.85. The molecule has 0 saturated heterocycles. The van der Waals surface area contributed by atoms with Gasteiger partial charge in [0.15, 0.2) is 0 Å². The molecule has 1 atom stereocenters. The van der Waals surface area contributed by atoms with Gasteiger partial charge in [0.1, 0.15) is 0 Å². The SMILES string of the molecule is CNC(Cc1ccc(C)cn1)c1cccc(C)c1I. The fraction of sp³-hybridized carbons (Fsp3) is 0.312. The summed E-state index contributed by atoms with van der Waals surface area (Å²) in [6.07, 6.45) is 2.85. The van der Waals surface area contributed by atoms with Crippen LogP contribution in [0.3, 0.4) is 0 Å². The zero-order valence-electron chi connectivity index (χ0n) is 11.6. The zero-order valence-corrected chi connectivity index (χ0v) is 13.7. The molecule has 3 heteroatoms. The molecule has 2 rings (SSSR count). The number of nitrogens with one attached hydrogen (secondary N) is 1. The molecule has 100 valence electrons. The monoisotopic (exact) mass is 366 g/mol. The summed E-state index contributed by atoms with van der Waals surface area (Å²) in [6.45, 7) is 4.22. The van der Waals surface area contributed by atoms with Gasteiger partial charge in [0.05, 0.1) is 0 Å². The van der Waals surface area contributed by atoms with Gasteiger partial charge in [-0.05, 0) is 66.2 Å². The molecule has 0 amide bonds. The van der Waals surface area contributed by atoms with Crippen molar-refractivity contribution < 1.29 is 0 Å². The molecule has 0 fully saturated rings. The lowest BCUT2D eigenvalue weighted by atomic mass is 10.00. The predicted octanol–water partition coefficient (Wildman–Crippen LogP) is 3.81. The third-order valence-electron chi connectivity index (χ3n) is 3.33. The van der Waals surface area contributed by atoms with Gasteiger partial charge in [0, 0.05) is 27.9 Å². The number of nitrogens with zero attached hydrogens (tertiary/aromatic N) is 1. The molecular formula is C16H19IN2. The van der Waals surface area contributed by atoms with E-state index in [4.69, 9.17) is 0 Å². The lowest BCUT2D eigenvalue weighted by molar-refractivity contribution is 0.581. The first kappa shape index (κ1) is 14.5. The molecule has 2 nitrogen and oxygen atoms in total. The summed E-state index contributed by atoms with van der Waals surface area (Å²) in [5.74, 6) is 0. The third kappa shape index (κ3) is 3.54. The minimum Gasteiger partial charge on any atom is -0.313 e. The van der Waals surface area contributed by atoms with Crippen molar-refractivity contribution in [2.45, 2.75) is 26.3 Å². The predicted molar refractivity (Wildman–Crippen MR) is 88.4 cm³/mol. The van der Waals surface area contributed by atoms with E-state index in [-0.39, 0.29) is 0 Å². The van der Waals surface area contributed by atoms with Crippen molar-refractivity contribution in [2.75, 3.05) is 7.05 Å². The van der Waals surface area contributed by atoms with Crippen LogP contribution in [0.15, 0.2) is 36.5 Å². The van der Waals surface area contributed by atoms with E-state index in [0.717, 1.165) is 12.1 Å². The van der Waals surface area contributed by atoms with Crippen LogP contribution in [-0.4, -0.2) is 12.0 Å². The molecule has 2 aromatic rings. The Labute approximate surface area is 128 Å². The second kappa shape index (κ2) is 6.48. The van der Waals surface area contributed by atoms with Gasteiger partial charge >= 0.3 is 0 Å². The molecule has 0 saturated carbocycles. The standard InChI is InChI=1S/C16H19IN2/c1-11-7-8-13(19-10-11)9-15(18-3)14-6-4-5-12(2)16(14)17/h4-8,10,15,18H,9H2,1-3H3. The molecule has 0 spiro atoms. The van der Waals surface area contributed by atoms with E-state index in [9.17, 15) is 0 Å². The van der Waals surface area contributed by atoms with Crippen molar-refractivity contribution in [3.63, 3.8) is 0 Å². The van der Waals surface area contributed by atoms with Gasteiger partial charge in [0.2, 0.25) is 0 Å². The number of halogens is 1. The molecule has 0 aliphatic heterocycles. The number of aromatic nitrogens is 1. The van der Waals surface area contributed by atoms with E-state index in [1.54, 1.807) is 0 Å². The quantitative estimate of drug-likeness (QED) is 0.833. The van der Waals surface area contributed by atoms with Crippen molar-refractivity contribution in [1.29, 1.82) is 0 Å². The van der Waals surface area contributed by atoms with E-state index in [1.165, 1.54) is 20.3 Å². The first-order chi connectivity index (χ1) is 9.11. The van der Waals surface area contributed by atoms with E-state index >= 15 is 0 Å². The van der Waals surface area contributed by atoms with Crippen LogP contribution in [0.2, 0.25) is 0 Å². The highest BCUT2D eigenvalue weighted by Gasteiger charge is 2.14. The summed E-state index contributed by atoms with van der Waals surface area (Å²) in [5.41, 5.74) is 5.01. The zero-order chi connectivity index (χ0) is 13.8. The van der Waals surface area contributed by atoms with Crippen molar-refractivity contribution in [3.8, 4) is 0 Å². The van der Waals surface area contributed by atoms with Crippen LogP contribution in [0.25, 0.3) is 0 Å². The fourth-order valence-corrected chi connectivity index (χ4v) is 2.87. The Hall–Kier alpha value is -0.940. The molecule has 19 heavy (non-hydrogen) atoms. The topological polar surface area (TPSA) is 24.9 Å². The van der Waals surface area contributed by atoms with E-state index in [2.05, 4.69) is 77.1 Å². The highest BCUT2D eigenvalue weighted by atomic mass is 127. The highest BCUT2D eigenvalue weighted by molar-refractivity contribution is 14.1. The third-order valence-corrected chi connectivity index (χ3v) is 4.81. The Balaban J connectivity index is 2.25. The molecule has 0 aliphatic rings. The summed E-state index contributed by atoms with van der Waals surface area (Å²) >= 11 is 2.43. The second-order valence-corrected chi connectivity index (χ2v) is 5.93. The van der Waals surface area contributed by atoms with E-state index < -0.39 is 0 Å². The average Bonchev–Trinajstić information content (AvgIpc) is 2.42. The Morgan fingerprint density at radius 3 is 2.63 bits per heavy atom. The molecule has 0 aliphatic carbocycles. The molecule has 1 N–H and O–H groups in total. The Bertz CT molecular complexity index is 549. The Kier molecular flexibility index (Phi) is 4.93. The van der Waals surface area contributed by atoms with Gasteiger partial charge in [0.25, 0.3) is 0 Å². The minimum atomic E-state index is 0.307. The molecule has 1 aromatic carbocycles. The first-order valence-electron chi connectivity index (χ1n) is 6.45. The lowest BCUT2D eigenvalue weighted by Crippen LogP contribution is -2.20. The molecule has 0 radical (unpaired) electrons. The van der Waals surface area contributed by atoms with Gasteiger partial charge in [-0.15, -0.1) is 0 Å². The maximum Gasteiger partial charge on any atom is 0.0422 e. The van der Waals surface area contributed by atoms with Crippen molar-refractivity contribution in [2.24, 2.45) is 0 Å². The average molecular weight is 366 g/mol. The minimum absolute atomic E-state index is 0.307. The maximum absolute atomic E-state index is 4.50. The molecule has 0 bridgehead atoms. The van der Waals surface area contributed by atoms with E-state index in [0.29, 0.717) is 6.04 Å². The molecule has 1 unspecified atom stereocenters. The summed E-state index contributed by atoms with van der Waals surface area (Å²) < 4.78 is 1.34. The Morgan fingerprint density at radius 1 is 1.21 bits per heavy atom. The van der Waals surface area contributed by atoms with Gasteiger partial charge in [-0.3, -0.25) is 4.98 Å². The number of aryl methyl sites for hydroxylation is 2. The Morgan fingerprint density at radius 2 is 2.00 bits per heavy atom. The number of hydrogen-bond donors (Lipinski definition) is 1. The van der Waals surface area contributed by atoms with Crippen molar-refractivity contribution >= 4 is 22.6 Å². The molecular weight excluding hydrogens is 347 g/mol. The van der Waals surface area contributed by atoms with Crippen molar-refractivity contribution in [3.05, 3.63) is 62.5 Å². The summed E-state index contributed by atoms with van der Waals surface area (Å²) in [6, 6.07) is 11.0. The van der Waals surface area contributed by atoms with Gasteiger partial charge in [-0.2, -0.15) is 0 Å². The maximum atomic E-state index is 4.50. The fourth-order valence-electron chi connectivity index (χ4n) is 2.14. The van der Waals surface area contributed by atoms with Crippen LogP contribution in [0.5, 0.6) is 0 Å². The van der Waals surface area contributed by atoms with Crippen LogP contribution in [0.4, 0.5) is 0 Å². The number of hydrogen-bond acceptors (Lipinski definition) is 2. The van der Waals surface area contributed by atoms with Crippen LogP contribution in [0, 0.1) is 17.4 Å². The van der Waals surface area contributed by atoms with Crippen LogP contribution < -0.4 is 5.32 Å². The van der Waals surface area contributed by atoms with E-state index in [1.807, 2.05) is 13.2 Å². The summed E-state index contributed by atoms with van der Waals surface area (Å²) in [5, 5.41) is 3.40. The summed E-state index contributed by atoms with van der Waals surface area (Å²) in [4.78, 5) is 4.50. The van der Waals surface area contributed by atoms with Crippen molar-refractivity contribution in [1.82, 2.24) is 10.3 Å². The van der Waals surface area contributed by atoms with Crippen LogP contribution in [-0.2, 0) is 6.42 Å². The van der Waals surface area contributed by atoms with Crippen LogP contribution in [0.1, 0.15) is 28.4 Å². The number of pyridine rings is 1. The number of benzene rings is 1.